The van der Waals surface area contributed by atoms with E-state index in [2.05, 4.69) is 27.0 Å². The first-order valence-electron chi connectivity index (χ1n) is 11.3. The van der Waals surface area contributed by atoms with Crippen LogP contribution in [0.1, 0.15) is 38.6 Å². The lowest BCUT2D eigenvalue weighted by atomic mass is 9.84. The van der Waals surface area contributed by atoms with Gasteiger partial charge in [-0.2, -0.15) is 0 Å². The highest BCUT2D eigenvalue weighted by Crippen LogP contribution is 2.53. The summed E-state index contributed by atoms with van der Waals surface area (Å²) in [5.41, 5.74) is 0.366. The third-order valence-electron chi connectivity index (χ3n) is 7.00. The lowest BCUT2D eigenvalue weighted by molar-refractivity contribution is -0.113. The third kappa shape index (κ3) is 4.64. The molecule has 4 atom stereocenters. The zero-order valence-electron chi connectivity index (χ0n) is 18.8. The first-order chi connectivity index (χ1) is 16.3. The Morgan fingerprint density at radius 2 is 2.12 bits per heavy atom. The van der Waals surface area contributed by atoms with E-state index < -0.39 is 10.0 Å². The number of carbonyl (C=O) groups is 1. The molecule has 5 rings (SSSR count). The summed E-state index contributed by atoms with van der Waals surface area (Å²) in [6.07, 6.45) is 6.74. The predicted octanol–water partition coefficient (Wildman–Crippen LogP) is 3.91. The molecule has 2 heterocycles. The first kappa shape index (κ1) is 23.1. The van der Waals surface area contributed by atoms with E-state index in [1.54, 1.807) is 12.3 Å². The SMILES string of the molecule is C[C@H]([C@@H]1C[C@H]2CC[C@H]1C2)n1c(SCC(=O)Nc2cccc(S(N)(=O)=O)c2)nnc1-c1ccco1. The molecule has 1 aromatic carbocycles. The number of hydrogen-bond acceptors (Lipinski definition) is 7. The number of nitrogens with one attached hydrogen (secondary N) is 1. The van der Waals surface area contributed by atoms with Crippen molar-refractivity contribution in [3.8, 4) is 11.6 Å². The topological polar surface area (TPSA) is 133 Å². The molecule has 2 aliphatic rings. The number of primary sulfonamides is 1. The maximum absolute atomic E-state index is 12.6. The van der Waals surface area contributed by atoms with Crippen LogP contribution in [0.5, 0.6) is 0 Å². The number of fused-ring (bicyclic) bond motifs is 2. The third-order valence-corrected chi connectivity index (χ3v) is 8.86. The standard InChI is InChI=1S/C23H27N5O4S2/c1-14(19-11-15-7-8-16(19)10-15)28-22(20-6-3-9-32-20)26-27-23(28)33-13-21(29)25-17-4-2-5-18(12-17)34(24,30)31/h2-6,9,12,14-16,19H,7-8,10-11,13H2,1H3,(H,25,29)(H2,24,30,31)/t14-,15+,16+,19+/m1/s1. The summed E-state index contributed by atoms with van der Waals surface area (Å²) in [5, 5.41) is 17.4. The van der Waals surface area contributed by atoms with Crippen LogP contribution < -0.4 is 10.5 Å². The zero-order valence-corrected chi connectivity index (χ0v) is 20.4. The number of thioether (sulfide) groups is 1. The Balaban J connectivity index is 1.33. The van der Waals surface area contributed by atoms with Crippen LogP contribution in [0.2, 0.25) is 0 Å². The second-order valence-electron chi connectivity index (χ2n) is 9.14. The maximum atomic E-state index is 12.6. The monoisotopic (exact) mass is 501 g/mol. The molecule has 3 N–H and O–H groups in total. The Morgan fingerprint density at radius 3 is 2.79 bits per heavy atom. The van der Waals surface area contributed by atoms with Gasteiger partial charge < -0.3 is 9.73 Å². The molecule has 2 bridgehead atoms. The highest BCUT2D eigenvalue weighted by molar-refractivity contribution is 7.99. The normalized spacial score (nSPS) is 22.7. The van der Waals surface area contributed by atoms with E-state index in [0.717, 1.165) is 11.8 Å². The minimum atomic E-state index is -3.85. The van der Waals surface area contributed by atoms with Crippen molar-refractivity contribution in [3.63, 3.8) is 0 Å². The molecule has 0 unspecified atom stereocenters. The van der Waals surface area contributed by atoms with Gasteiger partial charge in [0.05, 0.1) is 16.9 Å². The van der Waals surface area contributed by atoms with Gasteiger partial charge in [-0.1, -0.05) is 24.2 Å². The van der Waals surface area contributed by atoms with Crippen molar-refractivity contribution in [2.45, 2.75) is 48.7 Å². The largest absolute Gasteiger partial charge is 0.461 e. The number of anilines is 1. The summed E-state index contributed by atoms with van der Waals surface area (Å²) >= 11 is 1.30. The number of hydrogen-bond donors (Lipinski definition) is 2. The van der Waals surface area contributed by atoms with E-state index in [0.29, 0.717) is 28.3 Å². The van der Waals surface area contributed by atoms with E-state index in [1.807, 2.05) is 12.1 Å². The number of benzene rings is 1. The molecule has 1 amide bonds. The van der Waals surface area contributed by atoms with Gasteiger partial charge in [0.15, 0.2) is 10.9 Å². The van der Waals surface area contributed by atoms with Gasteiger partial charge in [-0.25, -0.2) is 13.6 Å². The molecule has 9 nitrogen and oxygen atoms in total. The summed E-state index contributed by atoms with van der Waals surface area (Å²) in [6.45, 7) is 2.21. The van der Waals surface area contributed by atoms with Crippen molar-refractivity contribution in [1.82, 2.24) is 14.8 Å². The summed E-state index contributed by atoms with van der Waals surface area (Å²) in [7, 11) is -3.85. The Labute approximate surface area is 202 Å². The summed E-state index contributed by atoms with van der Waals surface area (Å²) in [5.74, 6) is 3.23. The van der Waals surface area contributed by atoms with E-state index in [-0.39, 0.29) is 22.6 Å². The lowest BCUT2D eigenvalue weighted by Gasteiger charge is -2.30. The van der Waals surface area contributed by atoms with E-state index in [4.69, 9.17) is 9.56 Å². The summed E-state index contributed by atoms with van der Waals surface area (Å²) in [4.78, 5) is 12.6. The van der Waals surface area contributed by atoms with Crippen LogP contribution in [0.15, 0.2) is 57.1 Å². The molecule has 0 saturated heterocycles. The number of amides is 1. The molecule has 34 heavy (non-hydrogen) atoms. The molecule has 0 spiro atoms. The minimum Gasteiger partial charge on any atom is -0.461 e. The van der Waals surface area contributed by atoms with Gasteiger partial charge in [0.2, 0.25) is 21.8 Å². The highest BCUT2D eigenvalue weighted by atomic mass is 32.2. The second kappa shape index (κ2) is 9.20. The van der Waals surface area contributed by atoms with Crippen molar-refractivity contribution in [2.24, 2.45) is 22.9 Å². The second-order valence-corrected chi connectivity index (χ2v) is 11.6. The highest BCUT2D eigenvalue weighted by Gasteiger charge is 2.43. The van der Waals surface area contributed by atoms with Crippen LogP contribution in [0.4, 0.5) is 5.69 Å². The van der Waals surface area contributed by atoms with Gasteiger partial charge in [-0.05, 0) is 74.3 Å². The number of nitrogens with zero attached hydrogens (tertiary/aromatic N) is 3. The fourth-order valence-corrected chi connectivity index (χ4v) is 6.85. The Hall–Kier alpha value is -2.63. The van der Waals surface area contributed by atoms with Crippen molar-refractivity contribution >= 4 is 33.4 Å². The van der Waals surface area contributed by atoms with E-state index in [1.165, 1.54) is 55.6 Å². The molecule has 3 aromatic rings. The molecule has 2 aromatic heterocycles. The maximum Gasteiger partial charge on any atom is 0.238 e. The fraction of sp³-hybridized carbons (Fsp3) is 0.435. The van der Waals surface area contributed by atoms with Crippen molar-refractivity contribution in [3.05, 3.63) is 42.7 Å². The number of carbonyl (C=O) groups excluding carboxylic acids is 1. The molecule has 11 heteroatoms. The summed E-state index contributed by atoms with van der Waals surface area (Å²) < 4.78 is 30.9. The molecule has 2 saturated carbocycles. The number of rotatable bonds is 8. The summed E-state index contributed by atoms with van der Waals surface area (Å²) in [6, 6.07) is 9.75. The molecular weight excluding hydrogens is 474 g/mol. The van der Waals surface area contributed by atoms with Crippen LogP contribution in [0.3, 0.4) is 0 Å². The average molecular weight is 502 g/mol. The van der Waals surface area contributed by atoms with Crippen molar-refractivity contribution in [2.75, 3.05) is 11.1 Å². The van der Waals surface area contributed by atoms with E-state index in [9.17, 15) is 13.2 Å². The van der Waals surface area contributed by atoms with Crippen LogP contribution in [-0.2, 0) is 14.8 Å². The van der Waals surface area contributed by atoms with Crippen molar-refractivity contribution < 1.29 is 17.6 Å². The number of furan rings is 1. The predicted molar refractivity (Wildman–Crippen MR) is 129 cm³/mol. The Kier molecular flexibility index (Phi) is 6.26. The molecule has 2 aliphatic carbocycles. The number of aromatic nitrogens is 3. The lowest BCUT2D eigenvalue weighted by Crippen LogP contribution is -2.23. The Morgan fingerprint density at radius 1 is 1.26 bits per heavy atom. The molecule has 2 fully saturated rings. The van der Waals surface area contributed by atoms with Gasteiger partial charge in [0, 0.05) is 11.7 Å². The van der Waals surface area contributed by atoms with Gasteiger partial charge in [-0.15, -0.1) is 10.2 Å². The number of nitrogens with two attached hydrogens (primary N) is 1. The van der Waals surface area contributed by atoms with Gasteiger partial charge in [0.25, 0.3) is 0 Å². The van der Waals surface area contributed by atoms with Gasteiger partial charge in [0.1, 0.15) is 0 Å². The van der Waals surface area contributed by atoms with Crippen molar-refractivity contribution in [1.29, 1.82) is 0 Å². The molecule has 0 aliphatic heterocycles. The molecule has 0 radical (unpaired) electrons. The zero-order chi connectivity index (χ0) is 23.9. The Bertz CT molecular complexity index is 1290. The molecule has 180 valence electrons. The van der Waals surface area contributed by atoms with E-state index >= 15 is 0 Å². The van der Waals surface area contributed by atoms with Crippen LogP contribution in [-0.4, -0.2) is 34.8 Å². The van der Waals surface area contributed by atoms with Crippen LogP contribution in [0.25, 0.3) is 11.6 Å². The quantitative estimate of drug-likeness (QED) is 0.447. The van der Waals surface area contributed by atoms with Crippen LogP contribution >= 0.6 is 11.8 Å². The molecular formula is C23H27N5O4S2. The average Bonchev–Trinajstić information content (AvgIpc) is 3.60. The van der Waals surface area contributed by atoms with Crippen LogP contribution in [0, 0.1) is 17.8 Å². The fourth-order valence-electron chi connectivity index (χ4n) is 5.47. The number of sulfonamides is 1. The minimum absolute atomic E-state index is 0.0551. The van der Waals surface area contributed by atoms with Gasteiger partial charge in [-0.3, -0.25) is 9.36 Å². The first-order valence-corrected chi connectivity index (χ1v) is 13.9. The smallest absolute Gasteiger partial charge is 0.238 e. The van der Waals surface area contributed by atoms with Gasteiger partial charge >= 0.3 is 0 Å².